The monoisotopic (exact) mass is 453 g/mol. The van der Waals surface area contributed by atoms with E-state index in [9.17, 15) is 5.11 Å². The lowest BCUT2D eigenvalue weighted by molar-refractivity contribution is 0.0276. The molecule has 5 nitrogen and oxygen atoms in total. The van der Waals surface area contributed by atoms with Crippen LogP contribution in [0.15, 0.2) is 4.99 Å². The minimum absolute atomic E-state index is 0. The molecule has 0 aromatic heterocycles. The lowest BCUT2D eigenvalue weighted by atomic mass is 9.98. The Morgan fingerprint density at radius 2 is 1.83 bits per heavy atom. The van der Waals surface area contributed by atoms with Gasteiger partial charge in [0.25, 0.3) is 0 Å². The first-order valence-corrected chi connectivity index (χ1v) is 9.58. The molecule has 0 radical (unpaired) electrons. The summed E-state index contributed by atoms with van der Waals surface area (Å²) in [6.45, 7) is 5.08. The number of hydrogen-bond acceptors (Lipinski definition) is 3. The molecular weight excluding hydrogens is 417 g/mol. The Balaban J connectivity index is 0.00000288. The summed E-state index contributed by atoms with van der Waals surface area (Å²) in [6, 6.07) is 0. The van der Waals surface area contributed by atoms with Crippen LogP contribution in [-0.4, -0.2) is 49.0 Å². The lowest BCUT2D eigenvalue weighted by Gasteiger charge is -2.22. The Morgan fingerprint density at radius 3 is 2.50 bits per heavy atom. The first kappa shape index (κ1) is 22.0. The van der Waals surface area contributed by atoms with Crippen molar-refractivity contribution in [1.29, 1.82) is 0 Å². The summed E-state index contributed by atoms with van der Waals surface area (Å²) >= 11 is 0. The average Bonchev–Trinajstić information content (AvgIpc) is 3.00. The van der Waals surface area contributed by atoms with E-state index in [2.05, 4.69) is 22.5 Å². The van der Waals surface area contributed by atoms with Crippen molar-refractivity contribution in [2.24, 2.45) is 4.99 Å². The van der Waals surface area contributed by atoms with Gasteiger partial charge in [-0.2, -0.15) is 0 Å². The zero-order valence-corrected chi connectivity index (χ0v) is 17.5. The second-order valence-corrected chi connectivity index (χ2v) is 7.04. The number of rotatable bonds is 8. The van der Waals surface area contributed by atoms with Crippen molar-refractivity contribution < 1.29 is 9.84 Å². The second kappa shape index (κ2) is 12.3. The predicted octanol–water partition coefficient (Wildman–Crippen LogP) is 3.20. The van der Waals surface area contributed by atoms with Crippen molar-refractivity contribution in [3.63, 3.8) is 0 Å². The Labute approximate surface area is 164 Å². The van der Waals surface area contributed by atoms with E-state index in [4.69, 9.17) is 4.74 Å². The van der Waals surface area contributed by atoms with Gasteiger partial charge in [-0.15, -0.1) is 24.0 Å². The van der Waals surface area contributed by atoms with Gasteiger partial charge in [0.05, 0.1) is 18.2 Å². The quantitative estimate of drug-likeness (QED) is 0.229. The summed E-state index contributed by atoms with van der Waals surface area (Å²) in [5, 5.41) is 17.0. The minimum atomic E-state index is -0.577. The zero-order chi connectivity index (χ0) is 16.4. The number of halogens is 1. The fourth-order valence-corrected chi connectivity index (χ4v) is 3.52. The molecule has 0 saturated heterocycles. The van der Waals surface area contributed by atoms with Crippen molar-refractivity contribution in [2.75, 3.05) is 26.2 Å². The molecule has 0 amide bonds. The molecule has 0 heterocycles. The maximum atomic E-state index is 10.4. The molecule has 0 aliphatic heterocycles. The normalized spacial score (nSPS) is 21.3. The number of hydrogen-bond donors (Lipinski definition) is 3. The van der Waals surface area contributed by atoms with Gasteiger partial charge in [0.2, 0.25) is 0 Å². The van der Waals surface area contributed by atoms with E-state index < -0.39 is 5.60 Å². The van der Waals surface area contributed by atoms with Crippen LogP contribution < -0.4 is 10.6 Å². The number of guanidine groups is 1. The first-order chi connectivity index (χ1) is 11.2. The molecule has 2 rings (SSSR count). The summed E-state index contributed by atoms with van der Waals surface area (Å²) < 4.78 is 5.94. The fraction of sp³-hybridized carbons (Fsp3) is 0.944. The molecular formula is C18H36IN3O2. The average molecular weight is 453 g/mol. The molecule has 0 atom stereocenters. The standard InChI is InChI=1S/C18H35N3O2.HI/c1-2-19-17(21-15-18(22)11-6-7-12-18)20-13-8-14-23-16-9-4-3-5-10-16;/h16,22H,2-15H2,1H3,(H2,19,20,21);1H. The molecule has 2 fully saturated rings. The number of aliphatic hydroxyl groups is 1. The van der Waals surface area contributed by atoms with Gasteiger partial charge in [-0.05, 0) is 39.0 Å². The van der Waals surface area contributed by atoms with E-state index in [0.717, 1.165) is 57.8 Å². The molecule has 142 valence electrons. The number of ether oxygens (including phenoxy) is 1. The molecule has 0 aromatic carbocycles. The highest BCUT2D eigenvalue weighted by molar-refractivity contribution is 14.0. The molecule has 0 unspecified atom stereocenters. The van der Waals surface area contributed by atoms with E-state index >= 15 is 0 Å². The van der Waals surface area contributed by atoms with E-state index in [1.54, 1.807) is 0 Å². The fourth-order valence-electron chi connectivity index (χ4n) is 3.52. The molecule has 2 aliphatic carbocycles. The molecule has 0 spiro atoms. The number of aliphatic imine (C=N–C) groups is 1. The highest BCUT2D eigenvalue weighted by Gasteiger charge is 2.30. The lowest BCUT2D eigenvalue weighted by Crippen LogP contribution is -2.40. The smallest absolute Gasteiger partial charge is 0.191 e. The SMILES string of the molecule is CCNC(=NCC1(O)CCCC1)NCCCOC1CCCCC1.I. The van der Waals surface area contributed by atoms with E-state index in [0.29, 0.717) is 12.6 Å². The van der Waals surface area contributed by atoms with Crippen LogP contribution in [0, 0.1) is 0 Å². The Hall–Kier alpha value is -0.0800. The zero-order valence-electron chi connectivity index (χ0n) is 15.2. The summed E-state index contributed by atoms with van der Waals surface area (Å²) in [7, 11) is 0. The van der Waals surface area contributed by atoms with Gasteiger partial charge in [-0.1, -0.05) is 32.1 Å². The summed E-state index contributed by atoms with van der Waals surface area (Å²) in [6.07, 6.45) is 12.0. The third-order valence-electron chi connectivity index (χ3n) is 4.93. The minimum Gasteiger partial charge on any atom is -0.388 e. The van der Waals surface area contributed by atoms with E-state index in [1.165, 1.54) is 32.1 Å². The van der Waals surface area contributed by atoms with Crippen LogP contribution >= 0.6 is 24.0 Å². The molecule has 24 heavy (non-hydrogen) atoms. The largest absolute Gasteiger partial charge is 0.388 e. The molecule has 0 bridgehead atoms. The van der Waals surface area contributed by atoms with Gasteiger partial charge in [0.1, 0.15) is 0 Å². The van der Waals surface area contributed by atoms with Crippen molar-refractivity contribution in [2.45, 2.75) is 82.8 Å². The third-order valence-corrected chi connectivity index (χ3v) is 4.93. The summed E-state index contributed by atoms with van der Waals surface area (Å²) in [4.78, 5) is 4.56. The molecule has 3 N–H and O–H groups in total. The highest BCUT2D eigenvalue weighted by Crippen LogP contribution is 2.29. The van der Waals surface area contributed by atoms with Crippen molar-refractivity contribution in [1.82, 2.24) is 10.6 Å². The van der Waals surface area contributed by atoms with Crippen LogP contribution in [0.4, 0.5) is 0 Å². The van der Waals surface area contributed by atoms with Gasteiger partial charge in [-0.3, -0.25) is 4.99 Å². The number of nitrogens with one attached hydrogen (secondary N) is 2. The van der Waals surface area contributed by atoms with Crippen LogP contribution in [0.1, 0.15) is 71.1 Å². The summed E-state index contributed by atoms with van der Waals surface area (Å²) in [5.41, 5.74) is -0.577. The van der Waals surface area contributed by atoms with Crippen LogP contribution in [-0.2, 0) is 4.74 Å². The van der Waals surface area contributed by atoms with Crippen LogP contribution in [0.3, 0.4) is 0 Å². The maximum Gasteiger partial charge on any atom is 0.191 e. The second-order valence-electron chi connectivity index (χ2n) is 7.04. The van der Waals surface area contributed by atoms with Gasteiger partial charge in [0, 0.05) is 19.7 Å². The molecule has 2 aliphatic rings. The van der Waals surface area contributed by atoms with Crippen LogP contribution in [0.2, 0.25) is 0 Å². The van der Waals surface area contributed by atoms with Gasteiger partial charge < -0.3 is 20.5 Å². The maximum absolute atomic E-state index is 10.4. The Morgan fingerprint density at radius 1 is 1.12 bits per heavy atom. The molecule has 2 saturated carbocycles. The van der Waals surface area contributed by atoms with Crippen molar-refractivity contribution >= 4 is 29.9 Å². The molecule has 0 aromatic rings. The van der Waals surface area contributed by atoms with Crippen molar-refractivity contribution in [3.8, 4) is 0 Å². The highest BCUT2D eigenvalue weighted by atomic mass is 127. The van der Waals surface area contributed by atoms with Crippen LogP contribution in [0.25, 0.3) is 0 Å². The van der Waals surface area contributed by atoms with Crippen molar-refractivity contribution in [3.05, 3.63) is 0 Å². The van der Waals surface area contributed by atoms with Crippen LogP contribution in [0.5, 0.6) is 0 Å². The van der Waals surface area contributed by atoms with Gasteiger partial charge in [0.15, 0.2) is 5.96 Å². The topological polar surface area (TPSA) is 65.9 Å². The van der Waals surface area contributed by atoms with E-state index in [1.807, 2.05) is 0 Å². The van der Waals surface area contributed by atoms with Gasteiger partial charge in [-0.25, -0.2) is 0 Å². The predicted molar refractivity (Wildman–Crippen MR) is 110 cm³/mol. The molecule has 6 heteroatoms. The Kier molecular flexibility index (Phi) is 11.3. The number of nitrogens with zero attached hydrogens (tertiary/aromatic N) is 1. The summed E-state index contributed by atoms with van der Waals surface area (Å²) in [5.74, 6) is 0.811. The Bertz CT molecular complexity index is 354. The first-order valence-electron chi connectivity index (χ1n) is 9.58. The van der Waals surface area contributed by atoms with Gasteiger partial charge >= 0.3 is 0 Å². The third kappa shape index (κ3) is 8.34. The van der Waals surface area contributed by atoms with E-state index in [-0.39, 0.29) is 24.0 Å².